The summed E-state index contributed by atoms with van der Waals surface area (Å²) < 4.78 is 0. The van der Waals surface area contributed by atoms with E-state index in [0.717, 1.165) is 22.5 Å². The Labute approximate surface area is 194 Å². The lowest BCUT2D eigenvalue weighted by molar-refractivity contribution is 0.136. The second-order valence-electron chi connectivity index (χ2n) is 7.84. The Morgan fingerprint density at radius 2 is 1.61 bits per heavy atom. The number of rotatable bonds is 3. The third kappa shape index (κ3) is 5.31. The summed E-state index contributed by atoms with van der Waals surface area (Å²) in [6.07, 6.45) is 1.92. The van der Waals surface area contributed by atoms with Crippen molar-refractivity contribution < 1.29 is 4.79 Å². The van der Waals surface area contributed by atoms with Gasteiger partial charge in [-0.05, 0) is 36.2 Å². The van der Waals surface area contributed by atoms with Crippen molar-refractivity contribution in [3.63, 3.8) is 0 Å². The number of aryl methyl sites for hydroxylation is 1. The molecule has 3 aromatic carbocycles. The van der Waals surface area contributed by atoms with Crippen molar-refractivity contribution in [2.75, 3.05) is 30.3 Å². The summed E-state index contributed by atoms with van der Waals surface area (Å²) in [7, 11) is 0. The Bertz CT molecular complexity index is 1160. The molecule has 1 atom stereocenters. The van der Waals surface area contributed by atoms with Gasteiger partial charge in [-0.25, -0.2) is 4.79 Å². The Balaban J connectivity index is 1.58. The fourth-order valence-electron chi connectivity index (χ4n) is 3.95. The van der Waals surface area contributed by atoms with Gasteiger partial charge in [0.2, 0.25) is 12.2 Å². The van der Waals surface area contributed by atoms with Crippen molar-refractivity contribution in [1.82, 2.24) is 9.80 Å². The maximum Gasteiger partial charge on any atom is 0.322 e. The zero-order valence-corrected chi connectivity index (χ0v) is 18.5. The van der Waals surface area contributed by atoms with Gasteiger partial charge in [0.15, 0.2) is 0 Å². The molecule has 1 saturated heterocycles. The monoisotopic (exact) mass is 438 g/mol. The van der Waals surface area contributed by atoms with Crippen molar-refractivity contribution in [3.05, 3.63) is 96.1 Å². The van der Waals surface area contributed by atoms with Crippen molar-refractivity contribution >= 4 is 23.4 Å². The first-order chi connectivity index (χ1) is 16.2. The van der Waals surface area contributed by atoms with E-state index in [-0.39, 0.29) is 12.1 Å². The fourth-order valence-corrected chi connectivity index (χ4v) is 3.95. The molecule has 4 rings (SSSR count). The van der Waals surface area contributed by atoms with Gasteiger partial charge in [-0.1, -0.05) is 66.7 Å². The quantitative estimate of drug-likeness (QED) is 0.348. The predicted octanol–water partition coefficient (Wildman–Crippen LogP) is 4.84. The molecule has 33 heavy (non-hydrogen) atoms. The summed E-state index contributed by atoms with van der Waals surface area (Å²) in [5.74, 6) is 0.482. The largest absolute Gasteiger partial charge is 0.338 e. The Morgan fingerprint density at radius 1 is 0.939 bits per heavy atom. The maximum atomic E-state index is 13.2. The van der Waals surface area contributed by atoms with Crippen LogP contribution in [0.2, 0.25) is 0 Å². The molecule has 7 heteroatoms. The van der Waals surface area contributed by atoms with E-state index in [1.165, 1.54) is 0 Å². The SMILES string of the molecule is Cc1ccccc1N/C(=N/C#N)N1CCN(C(=O)Nc2ccccc2)C(c2ccccc2)C1. The number of piperazine rings is 1. The molecule has 2 amide bonds. The van der Waals surface area contributed by atoms with Gasteiger partial charge in [-0.2, -0.15) is 5.26 Å². The first-order valence-corrected chi connectivity index (χ1v) is 10.9. The lowest BCUT2D eigenvalue weighted by atomic mass is 10.0. The van der Waals surface area contributed by atoms with Gasteiger partial charge in [0.05, 0.1) is 6.04 Å². The first-order valence-electron chi connectivity index (χ1n) is 10.9. The van der Waals surface area contributed by atoms with Crippen LogP contribution in [-0.4, -0.2) is 41.4 Å². The molecular formula is C26H26N6O. The number of benzene rings is 3. The smallest absolute Gasteiger partial charge is 0.322 e. The molecule has 1 aliphatic rings. The van der Waals surface area contributed by atoms with Crippen LogP contribution < -0.4 is 10.6 Å². The predicted molar refractivity (Wildman–Crippen MR) is 131 cm³/mol. The molecule has 0 saturated carbocycles. The topological polar surface area (TPSA) is 83.8 Å². The van der Waals surface area contributed by atoms with Crippen LogP contribution in [0.3, 0.4) is 0 Å². The van der Waals surface area contributed by atoms with Crippen LogP contribution in [0.5, 0.6) is 0 Å². The van der Waals surface area contributed by atoms with Crippen molar-refractivity contribution in [1.29, 1.82) is 5.26 Å². The number of hydrogen-bond donors (Lipinski definition) is 2. The van der Waals surface area contributed by atoms with Crippen LogP contribution >= 0.6 is 0 Å². The highest BCUT2D eigenvalue weighted by Crippen LogP contribution is 2.27. The van der Waals surface area contributed by atoms with Gasteiger partial charge in [0.1, 0.15) is 0 Å². The van der Waals surface area contributed by atoms with E-state index in [9.17, 15) is 10.1 Å². The van der Waals surface area contributed by atoms with Crippen LogP contribution in [0.25, 0.3) is 0 Å². The molecule has 1 fully saturated rings. The van der Waals surface area contributed by atoms with Gasteiger partial charge in [0, 0.05) is 31.0 Å². The van der Waals surface area contributed by atoms with E-state index in [2.05, 4.69) is 15.6 Å². The molecule has 0 aromatic heterocycles. The Morgan fingerprint density at radius 3 is 2.30 bits per heavy atom. The standard InChI is InChI=1S/C26H26N6O/c1-20-10-8-9-15-23(20)30-25(28-19-27)31-16-17-32(24(18-31)21-11-4-2-5-12-21)26(33)29-22-13-6-3-7-14-22/h2-15,24H,16-18H2,1H3,(H,28,30)(H,29,33). The maximum absolute atomic E-state index is 13.2. The number of carbonyl (C=O) groups is 1. The summed E-state index contributed by atoms with van der Waals surface area (Å²) in [4.78, 5) is 21.1. The Kier molecular flexibility index (Phi) is 6.86. The van der Waals surface area contributed by atoms with Gasteiger partial charge in [-0.15, -0.1) is 4.99 Å². The number of hydrogen-bond acceptors (Lipinski definition) is 3. The summed E-state index contributed by atoms with van der Waals surface area (Å²) in [5.41, 5.74) is 3.73. The average Bonchev–Trinajstić information content (AvgIpc) is 2.86. The number of urea groups is 1. The minimum atomic E-state index is -0.203. The van der Waals surface area contributed by atoms with E-state index >= 15 is 0 Å². The summed E-state index contributed by atoms with van der Waals surface area (Å²) in [5, 5.41) is 15.6. The molecule has 7 nitrogen and oxygen atoms in total. The van der Waals surface area contributed by atoms with Gasteiger partial charge in [-0.3, -0.25) is 0 Å². The average molecular weight is 439 g/mol. The number of para-hydroxylation sites is 2. The molecule has 1 aliphatic heterocycles. The van der Waals surface area contributed by atoms with Gasteiger partial charge in [0.25, 0.3) is 0 Å². The van der Waals surface area contributed by atoms with E-state index in [1.54, 1.807) is 0 Å². The van der Waals surface area contributed by atoms with E-state index in [4.69, 9.17) is 0 Å². The molecule has 0 bridgehead atoms. The number of carbonyl (C=O) groups excluding carboxylic acids is 1. The van der Waals surface area contributed by atoms with Crippen LogP contribution in [-0.2, 0) is 0 Å². The molecule has 1 heterocycles. The number of nitrogens with one attached hydrogen (secondary N) is 2. The minimum absolute atomic E-state index is 0.152. The van der Waals surface area contributed by atoms with Crippen LogP contribution in [0.4, 0.5) is 16.2 Å². The zero-order chi connectivity index (χ0) is 23.0. The van der Waals surface area contributed by atoms with Gasteiger partial charge >= 0.3 is 6.03 Å². The molecule has 1 unspecified atom stereocenters. The number of aliphatic imine (C=N–C) groups is 1. The number of amides is 2. The number of guanidine groups is 1. The third-order valence-corrected chi connectivity index (χ3v) is 5.70. The van der Waals surface area contributed by atoms with Crippen molar-refractivity contribution in [2.45, 2.75) is 13.0 Å². The highest BCUT2D eigenvalue weighted by atomic mass is 16.2. The summed E-state index contributed by atoms with van der Waals surface area (Å²) >= 11 is 0. The van der Waals surface area contributed by atoms with E-state index in [1.807, 2.05) is 108 Å². The Hall–Kier alpha value is -4.31. The lowest BCUT2D eigenvalue weighted by Crippen LogP contribution is -2.54. The van der Waals surface area contributed by atoms with E-state index < -0.39 is 0 Å². The van der Waals surface area contributed by atoms with Crippen LogP contribution in [0.15, 0.2) is 89.9 Å². The minimum Gasteiger partial charge on any atom is -0.338 e. The molecule has 0 spiro atoms. The highest BCUT2D eigenvalue weighted by molar-refractivity contribution is 5.95. The highest BCUT2D eigenvalue weighted by Gasteiger charge is 2.33. The van der Waals surface area contributed by atoms with Crippen LogP contribution in [0.1, 0.15) is 17.2 Å². The number of nitrogens with zero attached hydrogens (tertiary/aromatic N) is 4. The first kappa shape index (κ1) is 21.9. The molecule has 0 radical (unpaired) electrons. The number of nitriles is 1. The molecule has 2 N–H and O–H groups in total. The number of anilines is 2. The second-order valence-corrected chi connectivity index (χ2v) is 7.84. The normalized spacial score (nSPS) is 16.1. The second kappa shape index (κ2) is 10.3. The fraction of sp³-hybridized carbons (Fsp3) is 0.192. The molecule has 3 aromatic rings. The molecular weight excluding hydrogens is 412 g/mol. The van der Waals surface area contributed by atoms with Crippen LogP contribution in [0, 0.1) is 18.4 Å². The van der Waals surface area contributed by atoms with Gasteiger partial charge < -0.3 is 20.4 Å². The lowest BCUT2D eigenvalue weighted by Gasteiger charge is -2.42. The third-order valence-electron chi connectivity index (χ3n) is 5.70. The van der Waals surface area contributed by atoms with Crippen molar-refractivity contribution in [2.24, 2.45) is 4.99 Å². The summed E-state index contributed by atoms with van der Waals surface area (Å²) in [6.45, 7) is 3.54. The van der Waals surface area contributed by atoms with E-state index in [0.29, 0.717) is 25.6 Å². The summed E-state index contributed by atoms with van der Waals surface area (Å²) in [6, 6.07) is 26.9. The molecule has 166 valence electrons. The van der Waals surface area contributed by atoms with Crippen molar-refractivity contribution in [3.8, 4) is 6.19 Å². The molecule has 0 aliphatic carbocycles. The zero-order valence-electron chi connectivity index (χ0n) is 18.5.